The van der Waals surface area contributed by atoms with Gasteiger partial charge in [0.25, 0.3) is 0 Å². The fourth-order valence-corrected chi connectivity index (χ4v) is 2.23. The predicted octanol–water partition coefficient (Wildman–Crippen LogP) is 2.37. The second-order valence-electron chi connectivity index (χ2n) is 3.94. The van der Waals surface area contributed by atoms with Crippen molar-refractivity contribution in [2.75, 3.05) is 30.5 Å². The molecule has 1 unspecified atom stereocenters. The molecule has 0 aliphatic carbocycles. The van der Waals surface area contributed by atoms with Crippen LogP contribution in [0.2, 0.25) is 0 Å². The largest absolute Gasteiger partial charge is 0.397 e. The van der Waals surface area contributed by atoms with Crippen LogP contribution in [-0.2, 0) is 9.53 Å². The highest BCUT2D eigenvalue weighted by atomic mass is 32.2. The van der Waals surface area contributed by atoms with Crippen LogP contribution in [0.1, 0.15) is 13.3 Å². The van der Waals surface area contributed by atoms with Crippen LogP contribution in [0.15, 0.2) is 24.3 Å². The van der Waals surface area contributed by atoms with Crippen LogP contribution in [0.4, 0.5) is 11.4 Å². The molecular formula is C13H20N2O2S. The highest BCUT2D eigenvalue weighted by Crippen LogP contribution is 2.19. The van der Waals surface area contributed by atoms with Crippen LogP contribution in [0.25, 0.3) is 0 Å². The molecule has 0 spiro atoms. The molecule has 1 aromatic rings. The number of hydrogen-bond donors (Lipinski definition) is 2. The third kappa shape index (κ3) is 4.98. The maximum absolute atomic E-state index is 11.9. The van der Waals surface area contributed by atoms with E-state index in [0.717, 1.165) is 18.8 Å². The first-order chi connectivity index (χ1) is 8.65. The lowest BCUT2D eigenvalue weighted by Gasteiger charge is -2.13. The molecule has 3 N–H and O–H groups in total. The molecule has 1 aromatic carbocycles. The molecule has 18 heavy (non-hydrogen) atoms. The van der Waals surface area contributed by atoms with E-state index in [2.05, 4.69) is 5.32 Å². The van der Waals surface area contributed by atoms with E-state index in [1.807, 2.05) is 19.1 Å². The van der Waals surface area contributed by atoms with Gasteiger partial charge in [0.2, 0.25) is 5.91 Å². The number of anilines is 2. The fourth-order valence-electron chi connectivity index (χ4n) is 1.38. The van der Waals surface area contributed by atoms with Crippen molar-refractivity contribution < 1.29 is 9.53 Å². The maximum Gasteiger partial charge on any atom is 0.237 e. The van der Waals surface area contributed by atoms with Crippen LogP contribution in [0.3, 0.4) is 0 Å². The number of methoxy groups -OCH3 is 1. The number of nitrogens with one attached hydrogen (secondary N) is 1. The number of benzene rings is 1. The average molecular weight is 268 g/mol. The first kappa shape index (κ1) is 14.9. The Morgan fingerprint density at radius 3 is 2.89 bits per heavy atom. The Morgan fingerprint density at radius 2 is 2.22 bits per heavy atom. The molecule has 0 bridgehead atoms. The number of rotatable bonds is 7. The summed E-state index contributed by atoms with van der Waals surface area (Å²) in [5, 5.41) is 2.74. The standard InChI is InChI=1S/C13H20N2O2S/c1-10(18-9-5-8-17-2)13(16)15-12-7-4-3-6-11(12)14/h3-4,6-7,10H,5,8-9,14H2,1-2H3,(H,15,16). The monoisotopic (exact) mass is 268 g/mol. The van der Waals surface area contributed by atoms with Crippen molar-refractivity contribution in [3.63, 3.8) is 0 Å². The molecule has 0 saturated heterocycles. The smallest absolute Gasteiger partial charge is 0.237 e. The third-order valence-corrected chi connectivity index (χ3v) is 3.69. The zero-order chi connectivity index (χ0) is 13.4. The number of nitrogens with two attached hydrogens (primary N) is 1. The van der Waals surface area contributed by atoms with Gasteiger partial charge in [-0.05, 0) is 31.2 Å². The molecule has 0 aliphatic rings. The van der Waals surface area contributed by atoms with Crippen molar-refractivity contribution >= 4 is 29.0 Å². The molecule has 0 heterocycles. The molecule has 100 valence electrons. The van der Waals surface area contributed by atoms with Crippen LogP contribution in [0.5, 0.6) is 0 Å². The summed E-state index contributed by atoms with van der Waals surface area (Å²) >= 11 is 1.62. The van der Waals surface area contributed by atoms with Gasteiger partial charge in [-0.1, -0.05) is 12.1 Å². The number of amides is 1. The van der Waals surface area contributed by atoms with E-state index in [1.165, 1.54) is 0 Å². The molecule has 0 aromatic heterocycles. The number of para-hydroxylation sites is 2. The van der Waals surface area contributed by atoms with E-state index in [0.29, 0.717) is 11.4 Å². The van der Waals surface area contributed by atoms with Crippen LogP contribution >= 0.6 is 11.8 Å². The lowest BCUT2D eigenvalue weighted by atomic mass is 10.2. The molecule has 0 aliphatic heterocycles. The van der Waals surface area contributed by atoms with Crippen molar-refractivity contribution in [2.24, 2.45) is 0 Å². The van der Waals surface area contributed by atoms with Gasteiger partial charge in [0.1, 0.15) is 0 Å². The molecule has 1 rings (SSSR count). The lowest BCUT2D eigenvalue weighted by molar-refractivity contribution is -0.115. The Balaban J connectivity index is 2.38. The third-order valence-electron chi connectivity index (χ3n) is 2.45. The second kappa shape index (κ2) is 8.00. The maximum atomic E-state index is 11.9. The van der Waals surface area contributed by atoms with Crippen molar-refractivity contribution in [2.45, 2.75) is 18.6 Å². The zero-order valence-corrected chi connectivity index (χ0v) is 11.6. The van der Waals surface area contributed by atoms with Crippen molar-refractivity contribution in [1.82, 2.24) is 0 Å². The Labute approximate surface area is 112 Å². The average Bonchev–Trinajstić information content (AvgIpc) is 2.37. The van der Waals surface area contributed by atoms with E-state index < -0.39 is 0 Å². The van der Waals surface area contributed by atoms with Gasteiger partial charge in [0.05, 0.1) is 16.6 Å². The summed E-state index contributed by atoms with van der Waals surface area (Å²) in [5.74, 6) is 0.891. The Bertz CT molecular complexity index is 385. The predicted molar refractivity (Wildman–Crippen MR) is 77.9 cm³/mol. The SMILES string of the molecule is COCCCSC(C)C(=O)Nc1ccccc1N. The fraction of sp³-hybridized carbons (Fsp3) is 0.462. The molecule has 1 atom stereocenters. The molecule has 0 fully saturated rings. The highest BCUT2D eigenvalue weighted by Gasteiger charge is 2.13. The number of carbonyl (C=O) groups is 1. The van der Waals surface area contributed by atoms with Gasteiger partial charge in [-0.2, -0.15) is 0 Å². The van der Waals surface area contributed by atoms with Gasteiger partial charge in [-0.3, -0.25) is 4.79 Å². The lowest BCUT2D eigenvalue weighted by Crippen LogP contribution is -2.23. The van der Waals surface area contributed by atoms with E-state index in [9.17, 15) is 4.79 Å². The van der Waals surface area contributed by atoms with E-state index in [4.69, 9.17) is 10.5 Å². The van der Waals surface area contributed by atoms with Gasteiger partial charge < -0.3 is 15.8 Å². The van der Waals surface area contributed by atoms with Gasteiger partial charge in [0, 0.05) is 13.7 Å². The minimum atomic E-state index is -0.0959. The quantitative estimate of drug-likeness (QED) is 0.588. The number of carbonyl (C=O) groups excluding carboxylic acids is 1. The molecule has 0 radical (unpaired) electrons. The second-order valence-corrected chi connectivity index (χ2v) is 5.38. The summed E-state index contributed by atoms with van der Waals surface area (Å²) in [6, 6.07) is 7.26. The minimum Gasteiger partial charge on any atom is -0.397 e. The van der Waals surface area contributed by atoms with Crippen molar-refractivity contribution in [1.29, 1.82) is 0 Å². The van der Waals surface area contributed by atoms with Gasteiger partial charge in [0.15, 0.2) is 0 Å². The number of hydrogen-bond acceptors (Lipinski definition) is 4. The molecule has 4 nitrogen and oxygen atoms in total. The van der Waals surface area contributed by atoms with E-state index in [1.54, 1.807) is 31.0 Å². The van der Waals surface area contributed by atoms with Gasteiger partial charge in [-0.15, -0.1) is 11.8 Å². The number of ether oxygens (including phenoxy) is 1. The Morgan fingerprint density at radius 1 is 1.50 bits per heavy atom. The van der Waals surface area contributed by atoms with E-state index >= 15 is 0 Å². The summed E-state index contributed by atoms with van der Waals surface area (Å²) < 4.78 is 4.97. The topological polar surface area (TPSA) is 64.3 Å². The Kier molecular flexibility index (Phi) is 6.60. The molecule has 0 saturated carbocycles. The minimum absolute atomic E-state index is 0.0182. The van der Waals surface area contributed by atoms with Crippen LogP contribution < -0.4 is 11.1 Å². The molecule has 5 heteroatoms. The van der Waals surface area contributed by atoms with Crippen molar-refractivity contribution in [3.05, 3.63) is 24.3 Å². The number of nitrogen functional groups attached to an aromatic ring is 1. The molecule has 1 amide bonds. The zero-order valence-electron chi connectivity index (χ0n) is 10.8. The van der Waals surface area contributed by atoms with Crippen LogP contribution in [0, 0.1) is 0 Å². The van der Waals surface area contributed by atoms with Crippen LogP contribution in [-0.4, -0.2) is 30.6 Å². The van der Waals surface area contributed by atoms with Gasteiger partial charge in [-0.25, -0.2) is 0 Å². The first-order valence-electron chi connectivity index (χ1n) is 5.91. The number of thioether (sulfide) groups is 1. The summed E-state index contributed by atoms with van der Waals surface area (Å²) in [4.78, 5) is 11.9. The van der Waals surface area contributed by atoms with Gasteiger partial charge >= 0.3 is 0 Å². The van der Waals surface area contributed by atoms with E-state index in [-0.39, 0.29) is 11.2 Å². The summed E-state index contributed by atoms with van der Waals surface area (Å²) in [5.41, 5.74) is 7.03. The van der Waals surface area contributed by atoms with Crippen molar-refractivity contribution in [3.8, 4) is 0 Å². The molecular weight excluding hydrogens is 248 g/mol. The summed E-state index contributed by atoms with van der Waals surface area (Å²) in [6.45, 7) is 2.62. The summed E-state index contributed by atoms with van der Waals surface area (Å²) in [7, 11) is 1.68. The highest BCUT2D eigenvalue weighted by molar-refractivity contribution is 8.00. The first-order valence-corrected chi connectivity index (χ1v) is 6.96. The Hall–Kier alpha value is -1.20. The normalized spacial score (nSPS) is 12.1. The summed E-state index contributed by atoms with van der Waals surface area (Å²) in [6.07, 6.45) is 0.951.